The number of hydrogen-bond donors (Lipinski definition) is 1. The molecule has 0 bridgehead atoms. The van der Waals surface area contributed by atoms with Crippen LogP contribution in [0.4, 0.5) is 0 Å². The van der Waals surface area contributed by atoms with Crippen LogP contribution in [0.25, 0.3) is 6.08 Å². The number of phenolic OH excluding ortho intramolecular Hbond substituents is 1. The molecule has 2 aromatic carbocycles. The second-order valence-electron chi connectivity index (χ2n) is 7.45. The van der Waals surface area contributed by atoms with Crippen LogP contribution in [-0.4, -0.2) is 36.0 Å². The van der Waals surface area contributed by atoms with Crippen molar-refractivity contribution in [2.45, 2.75) is 32.7 Å². The molecule has 0 aromatic heterocycles. The highest BCUT2D eigenvalue weighted by molar-refractivity contribution is 6.15. The molecule has 0 unspecified atom stereocenters. The van der Waals surface area contributed by atoms with Gasteiger partial charge in [-0.1, -0.05) is 18.6 Å². The lowest BCUT2D eigenvalue weighted by Gasteiger charge is -2.27. The molecule has 5 heteroatoms. The number of likely N-dealkylation sites (tertiary alicyclic amines) is 1. The van der Waals surface area contributed by atoms with Crippen molar-refractivity contribution in [1.82, 2.24) is 4.90 Å². The van der Waals surface area contributed by atoms with E-state index in [-0.39, 0.29) is 17.3 Å². The molecule has 1 saturated heterocycles. The number of phenols is 1. The third kappa shape index (κ3) is 3.50. The van der Waals surface area contributed by atoms with Gasteiger partial charge < -0.3 is 14.6 Å². The van der Waals surface area contributed by atoms with E-state index in [1.807, 2.05) is 31.2 Å². The van der Waals surface area contributed by atoms with Crippen LogP contribution in [0, 0.1) is 6.92 Å². The molecule has 2 heterocycles. The van der Waals surface area contributed by atoms with Gasteiger partial charge in [-0.25, -0.2) is 0 Å². The van der Waals surface area contributed by atoms with E-state index in [9.17, 15) is 9.90 Å². The number of piperidine rings is 1. The number of fused-ring (bicyclic) bond motifs is 1. The van der Waals surface area contributed by atoms with Crippen molar-refractivity contribution >= 4 is 11.9 Å². The summed E-state index contributed by atoms with van der Waals surface area (Å²) < 4.78 is 11.2. The molecule has 0 radical (unpaired) electrons. The predicted octanol–water partition coefficient (Wildman–Crippen LogP) is 4.31. The van der Waals surface area contributed by atoms with E-state index >= 15 is 0 Å². The molecule has 1 fully saturated rings. The van der Waals surface area contributed by atoms with Crippen LogP contribution in [0.15, 0.2) is 36.1 Å². The van der Waals surface area contributed by atoms with Crippen LogP contribution in [-0.2, 0) is 6.54 Å². The Kier molecular flexibility index (Phi) is 5.09. The van der Waals surface area contributed by atoms with E-state index in [4.69, 9.17) is 9.47 Å². The summed E-state index contributed by atoms with van der Waals surface area (Å²) in [5.41, 5.74) is 2.85. The van der Waals surface area contributed by atoms with Gasteiger partial charge in [-0.15, -0.1) is 0 Å². The largest absolute Gasteiger partial charge is 0.507 e. The van der Waals surface area contributed by atoms with E-state index in [1.165, 1.54) is 6.42 Å². The minimum atomic E-state index is -0.136. The van der Waals surface area contributed by atoms with Gasteiger partial charge in [0.15, 0.2) is 5.76 Å². The fourth-order valence-corrected chi connectivity index (χ4v) is 3.93. The molecule has 0 atom stereocenters. The second-order valence-corrected chi connectivity index (χ2v) is 7.45. The number of aromatic hydroxyl groups is 1. The summed E-state index contributed by atoms with van der Waals surface area (Å²) in [7, 11) is 1.62. The van der Waals surface area contributed by atoms with E-state index < -0.39 is 0 Å². The normalized spacial score (nSPS) is 18.2. The fourth-order valence-electron chi connectivity index (χ4n) is 3.93. The summed E-state index contributed by atoms with van der Waals surface area (Å²) >= 11 is 0. The quantitative estimate of drug-likeness (QED) is 0.802. The van der Waals surface area contributed by atoms with Gasteiger partial charge in [0.05, 0.1) is 18.2 Å². The molecule has 2 aromatic rings. The summed E-state index contributed by atoms with van der Waals surface area (Å²) in [5, 5.41) is 10.6. The zero-order chi connectivity index (χ0) is 19.7. The Labute approximate surface area is 165 Å². The standard InChI is InChI=1S/C23H25NO4/c1-15-12-19(25)18(14-24-10-4-3-5-11-24)23-21(15)22(26)20(28-23)13-16-6-8-17(27-2)9-7-16/h6-9,12-13,25H,3-5,10-11,14H2,1-2H3/b20-13-. The van der Waals surface area contributed by atoms with Crippen LogP contribution in [0.5, 0.6) is 17.2 Å². The van der Waals surface area contributed by atoms with Gasteiger partial charge in [0.25, 0.3) is 0 Å². The number of methoxy groups -OCH3 is 1. The van der Waals surface area contributed by atoms with Crippen LogP contribution < -0.4 is 9.47 Å². The molecular weight excluding hydrogens is 354 g/mol. The van der Waals surface area contributed by atoms with E-state index in [2.05, 4.69) is 4.90 Å². The van der Waals surface area contributed by atoms with E-state index in [0.717, 1.165) is 42.8 Å². The summed E-state index contributed by atoms with van der Waals surface area (Å²) in [6.45, 7) is 4.44. The monoisotopic (exact) mass is 379 g/mol. The smallest absolute Gasteiger partial charge is 0.232 e. The van der Waals surface area contributed by atoms with E-state index in [1.54, 1.807) is 19.3 Å². The van der Waals surface area contributed by atoms with Crippen molar-refractivity contribution in [3.05, 3.63) is 58.3 Å². The fraction of sp³-hybridized carbons (Fsp3) is 0.348. The maximum absolute atomic E-state index is 13.0. The summed E-state index contributed by atoms with van der Waals surface area (Å²) in [6, 6.07) is 9.13. The Balaban J connectivity index is 1.67. The third-order valence-electron chi connectivity index (χ3n) is 5.46. The first-order chi connectivity index (χ1) is 13.6. The number of carbonyl (C=O) groups excluding carboxylic acids is 1. The molecule has 0 amide bonds. The van der Waals surface area contributed by atoms with Gasteiger partial charge >= 0.3 is 0 Å². The Morgan fingerprint density at radius 1 is 1.18 bits per heavy atom. The first-order valence-electron chi connectivity index (χ1n) is 9.73. The van der Waals surface area contributed by atoms with Gasteiger partial charge in [-0.2, -0.15) is 0 Å². The number of hydrogen-bond acceptors (Lipinski definition) is 5. The maximum atomic E-state index is 13.0. The molecule has 2 aliphatic rings. The summed E-state index contributed by atoms with van der Waals surface area (Å²) in [6.07, 6.45) is 5.32. The highest BCUT2D eigenvalue weighted by Crippen LogP contribution is 2.42. The summed E-state index contributed by atoms with van der Waals surface area (Å²) in [4.78, 5) is 15.3. The van der Waals surface area contributed by atoms with Gasteiger partial charge in [0.1, 0.15) is 17.2 Å². The molecule has 4 rings (SSSR count). The highest BCUT2D eigenvalue weighted by atomic mass is 16.5. The number of aryl methyl sites for hydroxylation is 1. The van der Waals surface area contributed by atoms with Crippen LogP contribution >= 0.6 is 0 Å². The predicted molar refractivity (Wildman–Crippen MR) is 108 cm³/mol. The number of Topliss-reactive ketones (excluding diaryl/α,β-unsaturated/α-hetero) is 1. The topological polar surface area (TPSA) is 59.0 Å². The van der Waals surface area contributed by atoms with E-state index in [0.29, 0.717) is 23.4 Å². The molecule has 28 heavy (non-hydrogen) atoms. The number of ketones is 1. The number of rotatable bonds is 4. The lowest BCUT2D eigenvalue weighted by Crippen LogP contribution is -2.29. The van der Waals surface area contributed by atoms with Crippen molar-refractivity contribution in [3.8, 4) is 17.2 Å². The zero-order valence-electron chi connectivity index (χ0n) is 16.3. The van der Waals surface area contributed by atoms with Crippen LogP contribution in [0.3, 0.4) is 0 Å². The highest BCUT2D eigenvalue weighted by Gasteiger charge is 2.33. The molecule has 5 nitrogen and oxygen atoms in total. The molecule has 146 valence electrons. The Morgan fingerprint density at radius 3 is 2.57 bits per heavy atom. The Bertz CT molecular complexity index is 925. The Morgan fingerprint density at radius 2 is 1.89 bits per heavy atom. The molecule has 0 spiro atoms. The third-order valence-corrected chi connectivity index (χ3v) is 5.46. The second kappa shape index (κ2) is 7.68. The molecule has 2 aliphatic heterocycles. The number of allylic oxidation sites excluding steroid dienone is 1. The maximum Gasteiger partial charge on any atom is 0.232 e. The molecule has 0 saturated carbocycles. The lowest BCUT2D eigenvalue weighted by atomic mass is 9.98. The van der Waals surface area contributed by atoms with Crippen molar-refractivity contribution in [2.24, 2.45) is 0 Å². The number of carbonyl (C=O) groups is 1. The van der Waals surface area contributed by atoms with Crippen molar-refractivity contribution in [3.63, 3.8) is 0 Å². The number of ether oxygens (including phenoxy) is 2. The summed E-state index contributed by atoms with van der Waals surface area (Å²) in [5.74, 6) is 1.61. The van der Waals surface area contributed by atoms with Crippen molar-refractivity contribution in [2.75, 3.05) is 20.2 Å². The van der Waals surface area contributed by atoms with Gasteiger partial charge in [0.2, 0.25) is 5.78 Å². The Hall–Kier alpha value is -2.79. The minimum Gasteiger partial charge on any atom is -0.507 e. The van der Waals surface area contributed by atoms with Crippen LogP contribution in [0.1, 0.15) is 46.3 Å². The average molecular weight is 379 g/mol. The number of nitrogens with zero attached hydrogens (tertiary/aromatic N) is 1. The first-order valence-corrected chi connectivity index (χ1v) is 9.73. The lowest BCUT2D eigenvalue weighted by molar-refractivity contribution is 0.101. The van der Waals surface area contributed by atoms with Gasteiger partial charge in [-0.05, 0) is 68.3 Å². The number of benzene rings is 2. The van der Waals surface area contributed by atoms with Gasteiger partial charge in [-0.3, -0.25) is 9.69 Å². The molecule has 1 N–H and O–H groups in total. The van der Waals surface area contributed by atoms with Gasteiger partial charge in [0, 0.05) is 6.54 Å². The first kappa shape index (κ1) is 18.6. The van der Waals surface area contributed by atoms with Crippen molar-refractivity contribution < 1.29 is 19.4 Å². The minimum absolute atomic E-state index is 0.136. The molecule has 0 aliphatic carbocycles. The zero-order valence-corrected chi connectivity index (χ0v) is 16.3. The SMILES string of the molecule is COc1ccc(/C=C2\Oc3c(CN4CCCCC4)c(O)cc(C)c3C2=O)cc1. The molecular formula is C23H25NO4. The average Bonchev–Trinajstić information content (AvgIpc) is 3.03. The van der Waals surface area contributed by atoms with Crippen LogP contribution in [0.2, 0.25) is 0 Å². The van der Waals surface area contributed by atoms with Crippen molar-refractivity contribution in [1.29, 1.82) is 0 Å².